The van der Waals surface area contributed by atoms with Gasteiger partial charge in [-0.05, 0) is 37.5 Å². The predicted octanol–water partition coefficient (Wildman–Crippen LogP) is 2.07. The Morgan fingerprint density at radius 2 is 1.65 bits per heavy atom. The minimum Gasteiger partial charge on any atom is -0.480 e. The van der Waals surface area contributed by atoms with Crippen LogP contribution in [0.3, 0.4) is 0 Å². The highest BCUT2D eigenvalue weighted by molar-refractivity contribution is 5.92. The lowest BCUT2D eigenvalue weighted by atomic mass is 9.85. The monoisotopic (exact) mass is 367 g/mol. The summed E-state index contributed by atoms with van der Waals surface area (Å²) in [6, 6.07) is -2.05. The number of fused-ring (bicyclic) bond motifs is 1. The molecule has 2 rings (SSSR count). The third-order valence-corrected chi connectivity index (χ3v) is 5.62. The lowest BCUT2D eigenvalue weighted by molar-refractivity contribution is -0.152. The van der Waals surface area contributed by atoms with E-state index in [9.17, 15) is 19.5 Å². The fourth-order valence-electron chi connectivity index (χ4n) is 4.12. The van der Waals surface area contributed by atoms with Crippen LogP contribution in [0.5, 0.6) is 0 Å². The summed E-state index contributed by atoms with van der Waals surface area (Å²) in [7, 11) is 0. The molecule has 1 saturated carbocycles. The number of urea groups is 1. The van der Waals surface area contributed by atoms with Gasteiger partial charge in [-0.15, -0.1) is 0 Å². The van der Waals surface area contributed by atoms with Crippen LogP contribution in [0, 0.1) is 22.7 Å². The van der Waals surface area contributed by atoms with Crippen LogP contribution in [0.15, 0.2) is 0 Å². The first-order valence-electron chi connectivity index (χ1n) is 9.19. The molecule has 0 radical (unpaired) electrons. The minimum absolute atomic E-state index is 0.0204. The Hall–Kier alpha value is -1.79. The van der Waals surface area contributed by atoms with Crippen molar-refractivity contribution in [1.82, 2.24) is 15.5 Å². The zero-order valence-electron chi connectivity index (χ0n) is 17.1. The van der Waals surface area contributed by atoms with Crippen molar-refractivity contribution in [2.45, 2.75) is 73.0 Å². The number of piperidine rings is 1. The van der Waals surface area contributed by atoms with Crippen molar-refractivity contribution < 1.29 is 19.5 Å². The zero-order chi connectivity index (χ0) is 20.2. The lowest BCUT2D eigenvalue weighted by Crippen LogP contribution is -2.60. The van der Waals surface area contributed by atoms with E-state index >= 15 is 0 Å². The molecular formula is C19H33N3O4. The van der Waals surface area contributed by atoms with E-state index in [0.29, 0.717) is 6.54 Å². The van der Waals surface area contributed by atoms with Crippen LogP contribution >= 0.6 is 0 Å². The third-order valence-electron chi connectivity index (χ3n) is 5.62. The lowest BCUT2D eigenvalue weighted by Gasteiger charge is -2.37. The first-order chi connectivity index (χ1) is 11.6. The van der Waals surface area contributed by atoms with Crippen LogP contribution in [0.25, 0.3) is 0 Å². The number of amides is 3. The van der Waals surface area contributed by atoms with Gasteiger partial charge in [-0.1, -0.05) is 34.6 Å². The number of aliphatic carboxylic acids is 1. The van der Waals surface area contributed by atoms with Gasteiger partial charge in [-0.3, -0.25) is 4.79 Å². The smallest absolute Gasteiger partial charge is 0.326 e. The van der Waals surface area contributed by atoms with Crippen LogP contribution in [0.1, 0.15) is 55.4 Å². The Labute approximate surface area is 155 Å². The van der Waals surface area contributed by atoms with Gasteiger partial charge in [0.2, 0.25) is 5.91 Å². The number of carbonyl (C=O) groups excluding carboxylic acids is 2. The SMILES string of the molecule is CC(C)(C)NC(=O)NC(C(=O)N1CC2C([C@H]1C(=O)O)C2(C)C)C(C)(C)C. The molecule has 1 aliphatic carbocycles. The van der Waals surface area contributed by atoms with Crippen LogP contribution in [-0.4, -0.2) is 52.1 Å². The molecular weight excluding hydrogens is 334 g/mol. The van der Waals surface area contributed by atoms with Crippen LogP contribution in [-0.2, 0) is 9.59 Å². The van der Waals surface area contributed by atoms with E-state index in [1.165, 1.54) is 4.90 Å². The summed E-state index contributed by atoms with van der Waals surface area (Å²) in [6.07, 6.45) is 0. The van der Waals surface area contributed by atoms with Gasteiger partial charge < -0.3 is 20.6 Å². The van der Waals surface area contributed by atoms with Gasteiger partial charge in [0.25, 0.3) is 0 Å². The second-order valence-electron chi connectivity index (χ2n) is 10.4. The van der Waals surface area contributed by atoms with Crippen molar-refractivity contribution in [1.29, 1.82) is 0 Å². The highest BCUT2D eigenvalue weighted by Gasteiger charge is 2.70. The number of carboxylic acid groups (broad SMARTS) is 1. The topological polar surface area (TPSA) is 98.7 Å². The molecule has 1 aliphatic heterocycles. The average molecular weight is 367 g/mol. The number of carbonyl (C=O) groups is 3. The fourth-order valence-corrected chi connectivity index (χ4v) is 4.12. The van der Waals surface area contributed by atoms with Crippen molar-refractivity contribution in [3.8, 4) is 0 Å². The third kappa shape index (κ3) is 3.81. The van der Waals surface area contributed by atoms with Crippen molar-refractivity contribution >= 4 is 17.9 Å². The largest absolute Gasteiger partial charge is 0.480 e. The van der Waals surface area contributed by atoms with E-state index in [1.807, 2.05) is 41.5 Å². The van der Waals surface area contributed by atoms with E-state index in [1.54, 1.807) is 0 Å². The molecule has 7 heteroatoms. The number of rotatable bonds is 3. The normalized spacial score (nSPS) is 28.2. The maximum atomic E-state index is 13.2. The minimum atomic E-state index is -0.969. The summed E-state index contributed by atoms with van der Waals surface area (Å²) >= 11 is 0. The molecule has 7 nitrogen and oxygen atoms in total. The van der Waals surface area contributed by atoms with Gasteiger partial charge in [0.1, 0.15) is 12.1 Å². The molecule has 4 atom stereocenters. The van der Waals surface area contributed by atoms with Crippen LogP contribution < -0.4 is 10.6 Å². The molecule has 0 aromatic carbocycles. The van der Waals surface area contributed by atoms with E-state index in [2.05, 4.69) is 24.5 Å². The number of hydrogen-bond donors (Lipinski definition) is 3. The van der Waals surface area contributed by atoms with E-state index in [4.69, 9.17) is 0 Å². The Morgan fingerprint density at radius 3 is 2.08 bits per heavy atom. The van der Waals surface area contributed by atoms with Crippen LogP contribution in [0.4, 0.5) is 4.79 Å². The van der Waals surface area contributed by atoms with E-state index in [-0.39, 0.29) is 23.2 Å². The predicted molar refractivity (Wildman–Crippen MR) is 98.6 cm³/mol. The number of nitrogens with one attached hydrogen (secondary N) is 2. The molecule has 148 valence electrons. The number of carboxylic acids is 1. The Morgan fingerprint density at radius 1 is 1.12 bits per heavy atom. The Kier molecular flexibility index (Phi) is 4.84. The Balaban J connectivity index is 2.20. The van der Waals surface area contributed by atoms with Crippen molar-refractivity contribution in [3.63, 3.8) is 0 Å². The van der Waals surface area contributed by atoms with E-state index < -0.39 is 35.0 Å². The molecule has 1 heterocycles. The molecule has 0 aromatic rings. The summed E-state index contributed by atoms with van der Waals surface area (Å²) in [5, 5.41) is 15.2. The highest BCUT2D eigenvalue weighted by Crippen LogP contribution is 2.64. The molecule has 3 N–H and O–H groups in total. The molecule has 3 unspecified atom stereocenters. The summed E-state index contributed by atoms with van der Waals surface area (Å²) in [5.74, 6) is -1.11. The van der Waals surface area contributed by atoms with Gasteiger partial charge in [0.05, 0.1) is 0 Å². The first kappa shape index (κ1) is 20.5. The van der Waals surface area contributed by atoms with Crippen molar-refractivity contribution in [2.24, 2.45) is 22.7 Å². The Bertz CT molecular complexity index is 615. The molecule has 0 aromatic heterocycles. The maximum absolute atomic E-state index is 13.2. The van der Waals surface area contributed by atoms with E-state index in [0.717, 1.165) is 0 Å². The molecule has 0 bridgehead atoms. The standard InChI is InChI=1S/C19H33N3O4/c1-17(2,3)13(20-16(26)21-18(4,5)6)14(23)22-9-10-11(19(10,7)8)12(22)15(24)25/h10-13H,9H2,1-8H3,(H,24,25)(H2,20,21,26)/t10?,11?,12-,13?/m0/s1. The van der Waals surface area contributed by atoms with Gasteiger partial charge in [-0.2, -0.15) is 0 Å². The second-order valence-corrected chi connectivity index (χ2v) is 10.4. The molecule has 0 spiro atoms. The zero-order valence-corrected chi connectivity index (χ0v) is 17.1. The number of hydrogen-bond acceptors (Lipinski definition) is 3. The summed E-state index contributed by atoms with van der Waals surface area (Å²) in [6.45, 7) is 15.7. The molecule has 1 saturated heterocycles. The highest BCUT2D eigenvalue weighted by atomic mass is 16.4. The molecule has 2 aliphatic rings. The molecule has 2 fully saturated rings. The van der Waals surface area contributed by atoms with Gasteiger partial charge in [0, 0.05) is 18.0 Å². The molecule has 26 heavy (non-hydrogen) atoms. The van der Waals surface area contributed by atoms with Gasteiger partial charge >= 0.3 is 12.0 Å². The summed E-state index contributed by atoms with van der Waals surface area (Å²) in [4.78, 5) is 38.8. The molecule has 3 amide bonds. The average Bonchev–Trinajstić information content (AvgIpc) is 2.81. The van der Waals surface area contributed by atoms with Crippen molar-refractivity contribution in [3.05, 3.63) is 0 Å². The fraction of sp³-hybridized carbons (Fsp3) is 0.842. The van der Waals surface area contributed by atoms with Crippen molar-refractivity contribution in [2.75, 3.05) is 6.54 Å². The maximum Gasteiger partial charge on any atom is 0.326 e. The number of nitrogens with zero attached hydrogens (tertiary/aromatic N) is 1. The van der Waals surface area contributed by atoms with Crippen LogP contribution in [0.2, 0.25) is 0 Å². The summed E-state index contributed by atoms with van der Waals surface area (Å²) < 4.78 is 0. The second kappa shape index (κ2) is 6.13. The quantitative estimate of drug-likeness (QED) is 0.711. The number of likely N-dealkylation sites (tertiary alicyclic amines) is 1. The van der Waals surface area contributed by atoms with Gasteiger partial charge in [-0.25, -0.2) is 9.59 Å². The summed E-state index contributed by atoms with van der Waals surface area (Å²) in [5.41, 5.74) is -1.02. The first-order valence-corrected chi connectivity index (χ1v) is 9.19. The van der Waals surface area contributed by atoms with Gasteiger partial charge in [0.15, 0.2) is 0 Å².